The first-order valence-electron chi connectivity index (χ1n) is 44.3. The number of nitrogens with zero attached hydrogens (tertiary/aromatic N) is 18. The minimum atomic E-state index is -0.470. The molecule has 14 N–H and O–H groups in total. The summed E-state index contributed by atoms with van der Waals surface area (Å²) in [7, 11) is 0. The van der Waals surface area contributed by atoms with Crippen LogP contribution in [0.2, 0.25) is 15.9 Å². The van der Waals surface area contributed by atoms with Gasteiger partial charge in [0.1, 0.15) is 40.8 Å². The number of halogens is 3. The third-order valence-corrected chi connectivity index (χ3v) is 26.2. The molecule has 17 rings (SSSR count). The van der Waals surface area contributed by atoms with E-state index < -0.39 is 17.2 Å². The summed E-state index contributed by atoms with van der Waals surface area (Å²) < 4.78 is 12.0. The molecule has 0 bridgehead atoms. The van der Waals surface area contributed by atoms with Crippen molar-refractivity contribution in [1.82, 2.24) is 90.1 Å². The number of rotatable bonds is 10. The highest BCUT2D eigenvalue weighted by Crippen LogP contribution is 2.41. The number of carbonyl (C=O) groups is 7. The number of aromatic nitrogens is 13. The van der Waals surface area contributed by atoms with Gasteiger partial charge >= 0.3 is 24.2 Å². The molecule has 9 aromatic heterocycles. The summed E-state index contributed by atoms with van der Waals surface area (Å²) in [6, 6.07) is 19.1. The number of nitrogens with one attached hydrogen (secondary N) is 6. The molecule has 7 amide bonds. The Kier molecular flexibility index (Phi) is 35.8. The number of carbonyl (C=O) groups excluding carboxylic acids is 7. The number of nitrogens with two attached hydrogens (primary N) is 4. The number of benzene rings is 2. The Bertz CT molecular complexity index is 5970. The Balaban J connectivity index is 0.000000157. The number of likely N-dealkylation sites (tertiary alicyclic amines) is 1. The quantitative estimate of drug-likeness (QED) is 0.0449. The zero-order chi connectivity index (χ0) is 99.1. The number of urea groups is 1. The number of ketones is 1. The van der Waals surface area contributed by atoms with Crippen LogP contribution < -0.4 is 69.5 Å². The number of aryl methyl sites for hydroxylation is 3. The van der Waals surface area contributed by atoms with Gasteiger partial charge in [-0.3, -0.25) is 29.6 Å². The summed E-state index contributed by atoms with van der Waals surface area (Å²) in [6.45, 7) is 45.4. The summed E-state index contributed by atoms with van der Waals surface area (Å²) in [5, 5.41) is 21.1. The maximum atomic E-state index is 12.7. The molecule has 0 radical (unpaired) electrons. The molecule has 45 heteroatoms. The lowest BCUT2D eigenvalue weighted by molar-refractivity contribution is -0.125. The van der Waals surface area contributed by atoms with Gasteiger partial charge in [0, 0.05) is 184 Å². The zero-order valence-corrected chi connectivity index (χ0v) is 86.0. The van der Waals surface area contributed by atoms with Crippen LogP contribution in [0.5, 0.6) is 0 Å². The standard InChI is InChI=1S/C23H26ClN7O2S.C16H16ClN7OS.C12H14ClN5S.C12H19N3O2S.C11H19NO3.C10H14N2O.C7H11N3S/c1-12(2)25-20(32)15-7-5-6-8-16(15)27-22(33)30-23-29-19-13(3)10-31(11-17(19)34-23)18-9-14(4)26-21(24)28-18;1-9-6-24(12-5-10(2)19-14(17)20-12)7-11-13(9)21-15(26-11)22-16(25)23-4-3-18-8-23;1-6-4-18(5-8-10(6)17-12(14)19-8)9-3-7(2)15-11(13)16-9;1-7-5-15(11(16)17-12(2,3)4)6-8-9(7)14-10(13)18-8;1-8-7-12(6-5-9(8)13)10(14)15-11(2,3)4;1-7(2)12-10(13)8-5-3-4-6-9(8)11;1-4-2-9-3-5-6(4)10-7(8)11-5/h5-9,12-13H,10-11H2,1-4H3,(H,25,32)(H2,27,29,30,33);3-5,8-9H,6-7H2,1-2H3,(H,21,22,25);3,6H,4-5H2,1-2H3,(H2,14,17);7H,5-6H2,1-4H3,(H2,13,14);8H,5-7H2,1-4H3;3-7H,11H2,1-2H3,(H,12,13);4,9H,2-3H2,1H3,(H2,8,10). The van der Waals surface area contributed by atoms with E-state index in [4.69, 9.17) is 67.2 Å². The minimum Gasteiger partial charge on any atom is -0.444 e. The lowest BCUT2D eigenvalue weighted by Crippen LogP contribution is -2.45. The predicted molar refractivity (Wildman–Crippen MR) is 541 cm³/mol. The van der Waals surface area contributed by atoms with E-state index in [9.17, 15) is 33.6 Å². The number of ether oxygens (including phenoxy) is 2. The molecule has 6 unspecified atom stereocenters. The van der Waals surface area contributed by atoms with E-state index >= 15 is 0 Å². The van der Waals surface area contributed by atoms with Gasteiger partial charge in [0.25, 0.3) is 11.8 Å². The molecule has 136 heavy (non-hydrogen) atoms. The number of para-hydroxylation sites is 2. The van der Waals surface area contributed by atoms with Gasteiger partial charge in [-0.05, 0) is 149 Å². The molecule has 6 atom stereocenters. The summed E-state index contributed by atoms with van der Waals surface area (Å²) in [6.07, 6.45) is 4.46. The third kappa shape index (κ3) is 29.7. The molecule has 11 aromatic rings. The maximum absolute atomic E-state index is 12.7. The van der Waals surface area contributed by atoms with Gasteiger partial charge in [0.2, 0.25) is 15.9 Å². The Hall–Kier alpha value is -11.6. The van der Waals surface area contributed by atoms with Crippen LogP contribution in [0.25, 0.3) is 0 Å². The van der Waals surface area contributed by atoms with E-state index in [1.165, 1.54) is 60.4 Å². The Morgan fingerprint density at radius 2 is 0.882 bits per heavy atom. The number of imidazole rings is 1. The minimum absolute atomic E-state index is 0.0140. The number of anilines is 10. The van der Waals surface area contributed by atoms with Crippen molar-refractivity contribution in [2.45, 2.75) is 224 Å². The van der Waals surface area contributed by atoms with Crippen LogP contribution >= 0.6 is 91.5 Å². The second kappa shape index (κ2) is 46.5. The monoisotopic (exact) mass is 2010 g/mol. The Labute approximate surface area is 826 Å². The second-order valence-electron chi connectivity index (χ2n) is 36.2. The van der Waals surface area contributed by atoms with Gasteiger partial charge in [0.05, 0.1) is 71.5 Å². The van der Waals surface area contributed by atoms with Gasteiger partial charge in [-0.15, -0.1) is 34.0 Å². The van der Waals surface area contributed by atoms with Crippen LogP contribution in [0.4, 0.5) is 73.7 Å². The van der Waals surface area contributed by atoms with Crippen molar-refractivity contribution in [3.63, 3.8) is 0 Å². The van der Waals surface area contributed by atoms with Gasteiger partial charge in [-0.25, -0.2) is 79.0 Å². The normalized spacial score (nSPS) is 17.4. The highest BCUT2D eigenvalue weighted by molar-refractivity contribution is 7.17. The third-order valence-electron chi connectivity index (χ3n) is 21.1. The molecule has 15 heterocycles. The molecule has 6 aliphatic rings. The van der Waals surface area contributed by atoms with Crippen LogP contribution in [-0.4, -0.2) is 185 Å². The lowest BCUT2D eigenvalue weighted by atomic mass is 9.99. The van der Waals surface area contributed by atoms with E-state index in [1.54, 1.807) is 87.3 Å². The smallest absolute Gasteiger partial charge is 0.410 e. The number of piperidine rings is 1. The lowest BCUT2D eigenvalue weighted by Gasteiger charge is -2.32. The van der Waals surface area contributed by atoms with Crippen molar-refractivity contribution in [3.05, 3.63) is 182 Å². The van der Waals surface area contributed by atoms with Crippen molar-refractivity contribution >= 4 is 188 Å². The average Bonchev–Trinajstić information content (AvgIpc) is 1.64. The van der Waals surface area contributed by atoms with Crippen LogP contribution in [-0.2, 0) is 47.0 Å². The van der Waals surface area contributed by atoms with E-state index in [2.05, 4.69) is 141 Å². The van der Waals surface area contributed by atoms with Crippen molar-refractivity contribution in [2.75, 3.05) is 99.4 Å². The highest BCUT2D eigenvalue weighted by atomic mass is 35.5. The predicted octanol–water partition coefficient (Wildman–Crippen LogP) is 17.4. The van der Waals surface area contributed by atoms with Gasteiger partial charge < -0.3 is 78.2 Å². The van der Waals surface area contributed by atoms with Gasteiger partial charge in [-0.2, -0.15) is 0 Å². The van der Waals surface area contributed by atoms with Gasteiger partial charge in [-0.1, -0.05) is 88.5 Å². The summed E-state index contributed by atoms with van der Waals surface area (Å²) >= 11 is 25.5. The number of nitrogen functional groups attached to an aromatic ring is 4. The fourth-order valence-corrected chi connectivity index (χ4v) is 20.8. The molecule has 0 saturated carbocycles. The maximum Gasteiger partial charge on any atom is 0.410 e. The first-order valence-corrected chi connectivity index (χ1v) is 49.5. The topological polar surface area (TPSA) is 490 Å². The molecule has 0 spiro atoms. The van der Waals surface area contributed by atoms with Crippen molar-refractivity contribution < 1.29 is 43.0 Å². The van der Waals surface area contributed by atoms with Crippen molar-refractivity contribution in [2.24, 2.45) is 5.92 Å². The number of hydrogen-bond donors (Lipinski definition) is 10. The molecule has 0 aliphatic carbocycles. The van der Waals surface area contributed by atoms with E-state index in [-0.39, 0.29) is 87.4 Å². The molecule has 1 saturated heterocycles. The largest absolute Gasteiger partial charge is 0.444 e. The summed E-state index contributed by atoms with van der Waals surface area (Å²) in [4.78, 5) is 151. The molecule has 728 valence electrons. The van der Waals surface area contributed by atoms with E-state index in [1.807, 2.05) is 121 Å². The number of fused-ring (bicyclic) bond motifs is 5. The van der Waals surface area contributed by atoms with E-state index in [0.29, 0.717) is 106 Å². The fourth-order valence-electron chi connectivity index (χ4n) is 15.1. The number of amides is 7. The second-order valence-corrected chi connectivity index (χ2v) is 42.7. The Morgan fingerprint density at radius 1 is 0.478 bits per heavy atom. The fraction of sp³-hybridized carbons (Fsp3) is 0.462. The average molecular weight is 2020 g/mol. The number of Topliss-reactive ketones (excluding diaryl/α,β-unsaturated/α-hetero) is 1. The first kappa shape index (κ1) is 105. The summed E-state index contributed by atoms with van der Waals surface area (Å²) in [5.74, 6) is 3.66. The van der Waals surface area contributed by atoms with Crippen LogP contribution in [0, 0.1) is 26.7 Å². The molecular formula is C91H119Cl3N28O9S5. The summed E-state index contributed by atoms with van der Waals surface area (Å²) in [5.41, 5.74) is 31.5. The van der Waals surface area contributed by atoms with Gasteiger partial charge in [0.15, 0.2) is 25.7 Å². The Morgan fingerprint density at radius 3 is 1.32 bits per heavy atom. The molecule has 37 nitrogen and oxygen atoms in total. The SMILES string of the molecule is CC(C)NC(=O)c1ccccc1N.CC1CN(C(=O)OC(C)(C)C)CCC1=O.CC1CN(C(=O)OC(C)(C)C)Cc2sc(N)nc21.CC1CNCc2sc(N)nc21.Cc1cc(N2Cc3sc(N)nc3C(C)C2)nc(Cl)n1.Cc1cc(N2Cc3sc(NC(=O)Nc4ccccc4C(=O)NC(C)C)nc3C(C)C2)nc(Cl)n1.Cc1cc(N2Cc3sc(NC(=O)n4ccnc4)nc3C(C)C2)nc(Cl)n1. The van der Waals surface area contributed by atoms with Crippen molar-refractivity contribution in [3.8, 4) is 0 Å². The van der Waals surface area contributed by atoms with Crippen LogP contribution in [0.3, 0.4) is 0 Å². The first-order chi connectivity index (χ1) is 64.1. The number of thiazole rings is 5. The molecular weight excluding hydrogens is 1900 g/mol. The molecule has 2 aromatic carbocycles. The number of hydrogen-bond acceptors (Lipinski definition) is 34. The molecule has 6 aliphatic heterocycles. The molecule has 1 fully saturated rings. The van der Waals surface area contributed by atoms with Crippen molar-refractivity contribution in [1.29, 1.82) is 0 Å². The van der Waals surface area contributed by atoms with Crippen LogP contribution in [0.1, 0.15) is 237 Å². The van der Waals surface area contributed by atoms with E-state index in [0.717, 1.165) is 111 Å². The zero-order valence-electron chi connectivity index (χ0n) is 79.6. The van der Waals surface area contributed by atoms with Crippen LogP contribution in [0.15, 0.2) is 85.5 Å². The highest BCUT2D eigenvalue weighted by Gasteiger charge is 2.36.